The highest BCUT2D eigenvalue weighted by molar-refractivity contribution is 5.98. The number of carboxylic acids is 2. The van der Waals surface area contributed by atoms with E-state index >= 15 is 0 Å². The molecule has 28 heavy (non-hydrogen) atoms. The van der Waals surface area contributed by atoms with Crippen LogP contribution in [0.3, 0.4) is 0 Å². The van der Waals surface area contributed by atoms with Gasteiger partial charge >= 0.3 is 11.9 Å². The average molecular weight is 397 g/mol. The maximum absolute atomic E-state index is 11.6. The molecule has 0 aliphatic heterocycles. The van der Waals surface area contributed by atoms with E-state index in [1.54, 1.807) is 0 Å². The number of carbonyl (C=O) groups is 2. The first kappa shape index (κ1) is 26.7. The number of carboxylic acid groups (broad SMARTS) is 2. The van der Waals surface area contributed by atoms with E-state index in [4.69, 9.17) is 0 Å². The first-order chi connectivity index (χ1) is 13.5. The first-order valence-corrected chi connectivity index (χ1v) is 11.7. The molecule has 4 heteroatoms. The maximum atomic E-state index is 11.6. The Kier molecular flexibility index (Phi) is 18.1. The van der Waals surface area contributed by atoms with Crippen LogP contribution >= 0.6 is 0 Å². The fourth-order valence-electron chi connectivity index (χ4n) is 3.65. The van der Waals surface area contributed by atoms with Gasteiger partial charge < -0.3 is 10.2 Å². The third kappa shape index (κ3) is 14.7. The number of hydrogen-bond acceptors (Lipinski definition) is 2. The Morgan fingerprint density at radius 3 is 0.964 bits per heavy atom. The lowest BCUT2D eigenvalue weighted by Crippen LogP contribution is -2.12. The maximum Gasteiger partial charge on any atom is 0.332 e. The summed E-state index contributed by atoms with van der Waals surface area (Å²) in [5.41, 5.74) is 0.253. The number of rotatable bonds is 20. The van der Waals surface area contributed by atoms with Crippen LogP contribution in [0.2, 0.25) is 0 Å². The Morgan fingerprint density at radius 2 is 0.714 bits per heavy atom. The second-order valence-corrected chi connectivity index (χ2v) is 8.02. The van der Waals surface area contributed by atoms with Crippen molar-refractivity contribution in [2.24, 2.45) is 0 Å². The molecule has 0 saturated heterocycles. The average Bonchev–Trinajstić information content (AvgIpc) is 2.66. The van der Waals surface area contributed by atoms with Gasteiger partial charge in [-0.1, -0.05) is 104 Å². The summed E-state index contributed by atoms with van der Waals surface area (Å²) in [6.45, 7) is 4.40. The van der Waals surface area contributed by atoms with Gasteiger partial charge in [0.15, 0.2) is 0 Å². The van der Waals surface area contributed by atoms with E-state index in [-0.39, 0.29) is 11.1 Å². The van der Waals surface area contributed by atoms with Crippen molar-refractivity contribution in [2.45, 2.75) is 129 Å². The normalized spacial score (nSPS) is 12.1. The summed E-state index contributed by atoms with van der Waals surface area (Å²) < 4.78 is 0. The quantitative estimate of drug-likeness (QED) is 0.165. The molecule has 0 aliphatic rings. The Bertz CT molecular complexity index is 400. The van der Waals surface area contributed by atoms with Crippen LogP contribution in [0.15, 0.2) is 11.1 Å². The molecular weight excluding hydrogens is 352 g/mol. The molecular formula is C24H44O4. The minimum Gasteiger partial charge on any atom is -0.478 e. The Labute approximate surface area is 172 Å². The Morgan fingerprint density at radius 1 is 0.464 bits per heavy atom. The summed E-state index contributed by atoms with van der Waals surface area (Å²) in [7, 11) is 0. The van der Waals surface area contributed by atoms with Crippen LogP contribution in [0, 0.1) is 0 Å². The highest BCUT2D eigenvalue weighted by atomic mass is 16.4. The fraction of sp³-hybridized carbons (Fsp3) is 0.833. The van der Waals surface area contributed by atoms with Crippen molar-refractivity contribution in [1.29, 1.82) is 0 Å². The van der Waals surface area contributed by atoms with Gasteiger partial charge in [0.1, 0.15) is 0 Å². The molecule has 0 aromatic heterocycles. The van der Waals surface area contributed by atoms with Crippen molar-refractivity contribution in [3.8, 4) is 0 Å². The molecule has 4 nitrogen and oxygen atoms in total. The molecule has 164 valence electrons. The molecule has 0 fully saturated rings. The number of hydrogen-bond donors (Lipinski definition) is 2. The van der Waals surface area contributed by atoms with Gasteiger partial charge in [-0.05, 0) is 25.7 Å². The second-order valence-electron chi connectivity index (χ2n) is 8.02. The number of aliphatic carboxylic acids is 2. The molecule has 0 aromatic carbocycles. The van der Waals surface area contributed by atoms with Crippen molar-refractivity contribution in [3.63, 3.8) is 0 Å². The van der Waals surface area contributed by atoms with Crippen LogP contribution in [0.1, 0.15) is 129 Å². The van der Waals surface area contributed by atoms with Crippen molar-refractivity contribution in [2.75, 3.05) is 0 Å². The Hall–Kier alpha value is -1.32. The lowest BCUT2D eigenvalue weighted by Gasteiger charge is -2.09. The zero-order valence-electron chi connectivity index (χ0n) is 18.4. The van der Waals surface area contributed by atoms with Crippen LogP contribution in [0.5, 0.6) is 0 Å². The highest BCUT2D eigenvalue weighted by Crippen LogP contribution is 2.21. The second kappa shape index (κ2) is 19.0. The lowest BCUT2D eigenvalue weighted by molar-refractivity contribution is -0.136. The van der Waals surface area contributed by atoms with E-state index in [0.29, 0.717) is 12.8 Å². The molecule has 0 radical (unpaired) electrons. The van der Waals surface area contributed by atoms with E-state index in [1.165, 1.54) is 64.2 Å². The summed E-state index contributed by atoms with van der Waals surface area (Å²) in [6.07, 6.45) is 18.9. The van der Waals surface area contributed by atoms with Gasteiger partial charge in [0.2, 0.25) is 0 Å². The number of unbranched alkanes of at least 4 members (excludes halogenated alkanes) is 14. The van der Waals surface area contributed by atoms with Crippen molar-refractivity contribution in [1.82, 2.24) is 0 Å². The molecule has 0 amide bonds. The van der Waals surface area contributed by atoms with Crippen LogP contribution in [-0.4, -0.2) is 22.2 Å². The molecule has 0 atom stereocenters. The summed E-state index contributed by atoms with van der Waals surface area (Å²) in [6, 6.07) is 0. The minimum atomic E-state index is -1.06. The van der Waals surface area contributed by atoms with Gasteiger partial charge in [0, 0.05) is 11.1 Å². The summed E-state index contributed by atoms with van der Waals surface area (Å²) >= 11 is 0. The van der Waals surface area contributed by atoms with E-state index in [9.17, 15) is 19.8 Å². The largest absolute Gasteiger partial charge is 0.478 e. The van der Waals surface area contributed by atoms with Crippen LogP contribution < -0.4 is 0 Å². The topological polar surface area (TPSA) is 74.6 Å². The predicted molar refractivity (Wildman–Crippen MR) is 117 cm³/mol. The molecule has 2 N–H and O–H groups in total. The predicted octanol–water partition coefficient (Wildman–Crippen LogP) is 7.51. The first-order valence-electron chi connectivity index (χ1n) is 11.7. The molecule has 0 bridgehead atoms. The molecule has 0 aromatic rings. The van der Waals surface area contributed by atoms with Gasteiger partial charge in [0.05, 0.1) is 0 Å². The third-order valence-corrected chi connectivity index (χ3v) is 5.44. The molecule has 0 heterocycles. The van der Waals surface area contributed by atoms with E-state index in [1.807, 2.05) is 0 Å². The molecule has 0 aliphatic carbocycles. The van der Waals surface area contributed by atoms with Crippen molar-refractivity contribution in [3.05, 3.63) is 11.1 Å². The SMILES string of the molecule is CCCCCCCCCCC(C(=O)O)=C(CCCCCCCCCC)C(=O)O. The van der Waals surface area contributed by atoms with E-state index in [2.05, 4.69) is 13.8 Å². The molecule has 0 spiro atoms. The summed E-state index contributed by atoms with van der Waals surface area (Å²) in [5, 5.41) is 19.0. The minimum absolute atomic E-state index is 0.126. The van der Waals surface area contributed by atoms with Crippen LogP contribution in [0.4, 0.5) is 0 Å². The molecule has 0 rings (SSSR count). The van der Waals surface area contributed by atoms with Crippen molar-refractivity contribution < 1.29 is 19.8 Å². The molecule has 0 unspecified atom stereocenters. The van der Waals surface area contributed by atoms with Gasteiger partial charge in [-0.2, -0.15) is 0 Å². The van der Waals surface area contributed by atoms with Gasteiger partial charge in [0.25, 0.3) is 0 Å². The van der Waals surface area contributed by atoms with E-state index < -0.39 is 11.9 Å². The van der Waals surface area contributed by atoms with Gasteiger partial charge in [-0.3, -0.25) is 0 Å². The van der Waals surface area contributed by atoms with Gasteiger partial charge in [-0.25, -0.2) is 9.59 Å². The zero-order valence-corrected chi connectivity index (χ0v) is 18.4. The molecule has 0 saturated carbocycles. The third-order valence-electron chi connectivity index (χ3n) is 5.44. The monoisotopic (exact) mass is 396 g/mol. The summed E-state index contributed by atoms with van der Waals surface area (Å²) in [5.74, 6) is -2.11. The van der Waals surface area contributed by atoms with E-state index in [0.717, 1.165) is 38.5 Å². The van der Waals surface area contributed by atoms with Crippen LogP contribution in [-0.2, 0) is 9.59 Å². The highest BCUT2D eigenvalue weighted by Gasteiger charge is 2.19. The zero-order chi connectivity index (χ0) is 21.0. The van der Waals surface area contributed by atoms with Gasteiger partial charge in [-0.15, -0.1) is 0 Å². The fourth-order valence-corrected chi connectivity index (χ4v) is 3.65. The lowest BCUT2D eigenvalue weighted by atomic mass is 9.96. The summed E-state index contributed by atoms with van der Waals surface area (Å²) in [4.78, 5) is 23.2. The van der Waals surface area contributed by atoms with Crippen LogP contribution in [0.25, 0.3) is 0 Å². The standard InChI is InChI=1S/C24H44O4/c1-3-5-7-9-11-13-15-17-19-21(23(25)26)22(24(27)28)20-18-16-14-12-10-8-6-4-2/h3-20H2,1-2H3,(H,25,26)(H,27,28). The van der Waals surface area contributed by atoms with Crippen molar-refractivity contribution >= 4 is 11.9 Å². The Balaban J connectivity index is 4.26. The smallest absolute Gasteiger partial charge is 0.332 e.